The Labute approximate surface area is 103 Å². The summed E-state index contributed by atoms with van der Waals surface area (Å²) in [6, 6.07) is 13.2. The van der Waals surface area contributed by atoms with Gasteiger partial charge in [-0.2, -0.15) is 5.26 Å². The van der Waals surface area contributed by atoms with Crippen molar-refractivity contribution in [2.45, 2.75) is 19.5 Å². The summed E-state index contributed by atoms with van der Waals surface area (Å²) in [6.07, 6.45) is 0. The van der Waals surface area contributed by atoms with E-state index in [0.717, 1.165) is 19.6 Å². The van der Waals surface area contributed by atoms with Crippen LogP contribution < -0.4 is 5.32 Å². The first kappa shape index (κ1) is 12.1. The van der Waals surface area contributed by atoms with E-state index in [1.54, 1.807) is 0 Å². The van der Waals surface area contributed by atoms with Gasteiger partial charge in [0.25, 0.3) is 0 Å². The van der Waals surface area contributed by atoms with E-state index in [1.165, 1.54) is 5.56 Å². The maximum absolute atomic E-state index is 8.59. The Morgan fingerprint density at radius 2 is 2.12 bits per heavy atom. The van der Waals surface area contributed by atoms with Gasteiger partial charge in [-0.3, -0.25) is 4.90 Å². The molecule has 1 saturated heterocycles. The highest BCUT2D eigenvalue weighted by Gasteiger charge is 2.28. The van der Waals surface area contributed by atoms with Crippen LogP contribution >= 0.6 is 0 Å². The molecule has 17 heavy (non-hydrogen) atoms. The van der Waals surface area contributed by atoms with Crippen LogP contribution in [-0.4, -0.2) is 30.6 Å². The molecule has 0 aliphatic carbocycles. The lowest BCUT2D eigenvalue weighted by Crippen LogP contribution is -2.35. The molecule has 0 spiro atoms. The van der Waals surface area contributed by atoms with E-state index in [-0.39, 0.29) is 0 Å². The number of hydrogen-bond donors (Lipinski definition) is 1. The fraction of sp³-hybridized carbons (Fsp3) is 0.500. The zero-order chi connectivity index (χ0) is 12.1. The fourth-order valence-corrected chi connectivity index (χ4v) is 2.48. The zero-order valence-corrected chi connectivity index (χ0v) is 10.3. The van der Waals surface area contributed by atoms with Gasteiger partial charge in [0.1, 0.15) is 0 Å². The highest BCUT2D eigenvalue weighted by molar-refractivity contribution is 5.14. The first-order valence-corrected chi connectivity index (χ1v) is 6.16. The predicted molar refractivity (Wildman–Crippen MR) is 68.3 cm³/mol. The molecular weight excluding hydrogens is 210 g/mol. The van der Waals surface area contributed by atoms with Gasteiger partial charge in [-0.15, -0.1) is 0 Å². The SMILES string of the molecule is CC1CN(Cc2ccccc2)CC1NCC#N. The first-order chi connectivity index (χ1) is 8.29. The van der Waals surface area contributed by atoms with E-state index >= 15 is 0 Å². The highest BCUT2D eigenvalue weighted by Crippen LogP contribution is 2.18. The minimum Gasteiger partial charge on any atom is -0.300 e. The van der Waals surface area contributed by atoms with Gasteiger partial charge in [-0.25, -0.2) is 0 Å². The van der Waals surface area contributed by atoms with Gasteiger partial charge in [0.05, 0.1) is 12.6 Å². The minimum atomic E-state index is 0.453. The largest absolute Gasteiger partial charge is 0.300 e. The minimum absolute atomic E-state index is 0.453. The maximum Gasteiger partial charge on any atom is 0.0843 e. The lowest BCUT2D eigenvalue weighted by molar-refractivity contribution is 0.317. The summed E-state index contributed by atoms with van der Waals surface area (Å²) in [5, 5.41) is 11.9. The summed E-state index contributed by atoms with van der Waals surface area (Å²) in [7, 11) is 0. The van der Waals surface area contributed by atoms with Crippen LogP contribution in [0.2, 0.25) is 0 Å². The summed E-state index contributed by atoms with van der Waals surface area (Å²) in [5.41, 5.74) is 1.36. The van der Waals surface area contributed by atoms with E-state index in [1.807, 2.05) is 6.07 Å². The molecule has 3 nitrogen and oxygen atoms in total. The zero-order valence-electron chi connectivity index (χ0n) is 10.3. The molecule has 1 fully saturated rings. The Balaban J connectivity index is 1.87. The summed E-state index contributed by atoms with van der Waals surface area (Å²) >= 11 is 0. The van der Waals surface area contributed by atoms with Crippen LogP contribution in [-0.2, 0) is 6.54 Å². The molecule has 1 aromatic carbocycles. The second-order valence-corrected chi connectivity index (χ2v) is 4.80. The Hall–Kier alpha value is -1.37. The second-order valence-electron chi connectivity index (χ2n) is 4.80. The van der Waals surface area contributed by atoms with Crippen molar-refractivity contribution in [3.63, 3.8) is 0 Å². The van der Waals surface area contributed by atoms with Crippen molar-refractivity contribution < 1.29 is 0 Å². The molecular formula is C14H19N3. The Bertz CT molecular complexity index is 382. The third-order valence-corrected chi connectivity index (χ3v) is 3.38. The number of benzene rings is 1. The highest BCUT2D eigenvalue weighted by atomic mass is 15.2. The number of nitriles is 1. The van der Waals surface area contributed by atoms with Gasteiger partial charge in [0.2, 0.25) is 0 Å². The normalized spacial score (nSPS) is 24.7. The van der Waals surface area contributed by atoms with Crippen LogP contribution in [0.4, 0.5) is 0 Å². The summed E-state index contributed by atoms with van der Waals surface area (Å²) in [4.78, 5) is 2.45. The molecule has 2 rings (SSSR count). The molecule has 1 heterocycles. The van der Waals surface area contributed by atoms with Crippen molar-refractivity contribution in [1.82, 2.24) is 10.2 Å². The van der Waals surface area contributed by atoms with Gasteiger partial charge in [-0.05, 0) is 11.5 Å². The number of rotatable bonds is 4. The number of hydrogen-bond acceptors (Lipinski definition) is 3. The van der Waals surface area contributed by atoms with Crippen LogP contribution in [0, 0.1) is 17.2 Å². The third kappa shape index (κ3) is 3.29. The molecule has 90 valence electrons. The topological polar surface area (TPSA) is 39.1 Å². The monoisotopic (exact) mass is 229 g/mol. The van der Waals surface area contributed by atoms with Crippen molar-refractivity contribution in [3.05, 3.63) is 35.9 Å². The summed E-state index contributed by atoms with van der Waals surface area (Å²) < 4.78 is 0. The molecule has 0 aromatic heterocycles. The molecule has 1 N–H and O–H groups in total. The first-order valence-electron chi connectivity index (χ1n) is 6.16. The number of nitrogens with one attached hydrogen (secondary N) is 1. The van der Waals surface area contributed by atoms with Crippen molar-refractivity contribution >= 4 is 0 Å². The lowest BCUT2D eigenvalue weighted by atomic mass is 10.1. The van der Waals surface area contributed by atoms with Gasteiger partial charge < -0.3 is 5.32 Å². The van der Waals surface area contributed by atoms with Gasteiger partial charge in [-0.1, -0.05) is 37.3 Å². The van der Waals surface area contributed by atoms with Gasteiger partial charge >= 0.3 is 0 Å². The fourth-order valence-electron chi connectivity index (χ4n) is 2.48. The molecule has 1 aromatic rings. The summed E-state index contributed by atoms with van der Waals surface area (Å²) in [5.74, 6) is 0.618. The third-order valence-electron chi connectivity index (χ3n) is 3.38. The summed E-state index contributed by atoms with van der Waals surface area (Å²) in [6.45, 7) is 5.86. The molecule has 1 aliphatic rings. The Kier molecular flexibility index (Phi) is 4.13. The standard InChI is InChI=1S/C14H19N3/c1-12-9-17(11-14(12)16-8-7-15)10-13-5-3-2-4-6-13/h2-6,12,14,16H,8-11H2,1H3. The molecule has 2 unspecified atom stereocenters. The lowest BCUT2D eigenvalue weighted by Gasteiger charge is -2.16. The van der Waals surface area contributed by atoms with Crippen LogP contribution in [0.3, 0.4) is 0 Å². The molecule has 0 saturated carbocycles. The van der Waals surface area contributed by atoms with Crippen LogP contribution in [0.5, 0.6) is 0 Å². The van der Waals surface area contributed by atoms with Gasteiger partial charge in [0.15, 0.2) is 0 Å². The maximum atomic E-state index is 8.59. The molecule has 0 amide bonds. The van der Waals surface area contributed by atoms with Crippen LogP contribution in [0.25, 0.3) is 0 Å². The van der Waals surface area contributed by atoms with Crippen LogP contribution in [0.15, 0.2) is 30.3 Å². The van der Waals surface area contributed by atoms with Crippen molar-refractivity contribution in [2.24, 2.45) is 5.92 Å². The number of nitrogens with zero attached hydrogens (tertiary/aromatic N) is 2. The smallest absolute Gasteiger partial charge is 0.0843 e. The average molecular weight is 229 g/mol. The van der Waals surface area contributed by atoms with E-state index in [4.69, 9.17) is 5.26 Å². The van der Waals surface area contributed by atoms with Gasteiger partial charge in [0, 0.05) is 25.7 Å². The second kappa shape index (κ2) is 5.81. The molecule has 0 bridgehead atoms. The quantitative estimate of drug-likeness (QED) is 0.797. The van der Waals surface area contributed by atoms with E-state index in [9.17, 15) is 0 Å². The molecule has 3 heteroatoms. The molecule has 0 radical (unpaired) electrons. The van der Waals surface area contributed by atoms with E-state index < -0.39 is 0 Å². The molecule has 1 aliphatic heterocycles. The van der Waals surface area contributed by atoms with E-state index in [2.05, 4.69) is 47.5 Å². The van der Waals surface area contributed by atoms with Crippen LogP contribution in [0.1, 0.15) is 12.5 Å². The average Bonchev–Trinajstić information content (AvgIpc) is 2.68. The molecule has 2 atom stereocenters. The van der Waals surface area contributed by atoms with Crippen molar-refractivity contribution in [1.29, 1.82) is 5.26 Å². The van der Waals surface area contributed by atoms with Crippen molar-refractivity contribution in [2.75, 3.05) is 19.6 Å². The van der Waals surface area contributed by atoms with Crippen molar-refractivity contribution in [3.8, 4) is 6.07 Å². The number of likely N-dealkylation sites (tertiary alicyclic amines) is 1. The Morgan fingerprint density at radius 3 is 2.82 bits per heavy atom. The Morgan fingerprint density at radius 1 is 1.35 bits per heavy atom. The van der Waals surface area contributed by atoms with E-state index in [0.29, 0.717) is 18.5 Å². The predicted octanol–water partition coefficient (Wildman–Crippen LogP) is 1.62.